The van der Waals surface area contributed by atoms with Crippen LogP contribution >= 0.6 is 0 Å². The smallest absolute Gasteiger partial charge is 0.225 e. The van der Waals surface area contributed by atoms with Crippen molar-refractivity contribution in [1.29, 1.82) is 0 Å². The number of carbonyl (C=O) groups excluding carboxylic acids is 1. The zero-order valence-corrected chi connectivity index (χ0v) is 13.4. The van der Waals surface area contributed by atoms with Crippen LogP contribution in [0.25, 0.3) is 0 Å². The van der Waals surface area contributed by atoms with Crippen molar-refractivity contribution in [1.82, 2.24) is 0 Å². The maximum absolute atomic E-state index is 12.0. The summed E-state index contributed by atoms with van der Waals surface area (Å²) in [4.78, 5) is 12.0. The highest BCUT2D eigenvalue weighted by atomic mass is 16.1. The second-order valence-corrected chi connectivity index (χ2v) is 6.08. The van der Waals surface area contributed by atoms with Crippen molar-refractivity contribution in [2.75, 3.05) is 5.32 Å². The lowest BCUT2D eigenvalue weighted by molar-refractivity contribution is -0.116. The standard InChI is InChI=1S/C17H28N2O/c1-6-14(18)10-17(20)19-16-8-7-13(11(2)3)9-15(16)12(4)5/h7-9,11-12,14H,6,10,18H2,1-5H3,(H,19,20). The van der Waals surface area contributed by atoms with Crippen LogP contribution in [0.1, 0.15) is 70.4 Å². The molecule has 0 aliphatic carbocycles. The molecule has 0 aromatic heterocycles. The fraction of sp³-hybridized carbons (Fsp3) is 0.588. The molecule has 0 radical (unpaired) electrons. The topological polar surface area (TPSA) is 55.1 Å². The Bertz CT molecular complexity index is 452. The van der Waals surface area contributed by atoms with Crippen LogP contribution in [0.4, 0.5) is 5.69 Å². The van der Waals surface area contributed by atoms with Crippen LogP contribution in [0.15, 0.2) is 18.2 Å². The maximum Gasteiger partial charge on any atom is 0.225 e. The van der Waals surface area contributed by atoms with Gasteiger partial charge in [0.15, 0.2) is 0 Å². The van der Waals surface area contributed by atoms with Gasteiger partial charge in [-0.05, 0) is 35.4 Å². The van der Waals surface area contributed by atoms with E-state index in [0.717, 1.165) is 12.1 Å². The first-order valence-corrected chi connectivity index (χ1v) is 7.54. The Kier molecular flexibility index (Phi) is 6.21. The number of amides is 1. The van der Waals surface area contributed by atoms with Gasteiger partial charge in [0.1, 0.15) is 0 Å². The Morgan fingerprint density at radius 2 is 1.85 bits per heavy atom. The van der Waals surface area contributed by atoms with Crippen molar-refractivity contribution in [3.8, 4) is 0 Å². The molecule has 1 unspecified atom stereocenters. The van der Waals surface area contributed by atoms with Crippen LogP contribution < -0.4 is 11.1 Å². The Morgan fingerprint density at radius 3 is 2.35 bits per heavy atom. The predicted octanol–water partition coefficient (Wildman–Crippen LogP) is 4.00. The normalized spacial score (nSPS) is 12.8. The molecule has 0 heterocycles. The molecule has 1 aromatic carbocycles. The number of nitrogens with two attached hydrogens (primary N) is 1. The Labute approximate surface area is 122 Å². The Morgan fingerprint density at radius 1 is 1.20 bits per heavy atom. The second-order valence-electron chi connectivity index (χ2n) is 6.08. The van der Waals surface area contributed by atoms with Crippen molar-refractivity contribution in [2.45, 2.75) is 65.3 Å². The van der Waals surface area contributed by atoms with Gasteiger partial charge in [-0.25, -0.2) is 0 Å². The average molecular weight is 276 g/mol. The van der Waals surface area contributed by atoms with Crippen LogP contribution in [0.2, 0.25) is 0 Å². The van der Waals surface area contributed by atoms with Crippen LogP contribution in [-0.2, 0) is 4.79 Å². The summed E-state index contributed by atoms with van der Waals surface area (Å²) in [5.41, 5.74) is 9.24. The lowest BCUT2D eigenvalue weighted by atomic mass is 9.94. The molecule has 1 rings (SSSR count). The van der Waals surface area contributed by atoms with Gasteiger partial charge in [0, 0.05) is 18.2 Å². The lowest BCUT2D eigenvalue weighted by Crippen LogP contribution is -2.26. The van der Waals surface area contributed by atoms with Crippen molar-refractivity contribution in [2.24, 2.45) is 5.73 Å². The number of nitrogens with one attached hydrogen (secondary N) is 1. The zero-order valence-electron chi connectivity index (χ0n) is 13.4. The van der Waals surface area contributed by atoms with E-state index in [-0.39, 0.29) is 11.9 Å². The van der Waals surface area contributed by atoms with Crippen LogP contribution in [0, 0.1) is 0 Å². The van der Waals surface area contributed by atoms with Crippen LogP contribution in [0.3, 0.4) is 0 Å². The molecule has 1 atom stereocenters. The van der Waals surface area contributed by atoms with Crippen molar-refractivity contribution in [3.05, 3.63) is 29.3 Å². The van der Waals surface area contributed by atoms with E-state index < -0.39 is 0 Å². The SMILES string of the molecule is CCC(N)CC(=O)Nc1ccc(C(C)C)cc1C(C)C. The highest BCUT2D eigenvalue weighted by Crippen LogP contribution is 2.28. The van der Waals surface area contributed by atoms with E-state index in [1.807, 2.05) is 13.0 Å². The van der Waals surface area contributed by atoms with E-state index in [9.17, 15) is 4.79 Å². The van der Waals surface area contributed by atoms with Gasteiger partial charge in [0.25, 0.3) is 0 Å². The minimum atomic E-state index is -0.0626. The molecule has 0 fully saturated rings. The summed E-state index contributed by atoms with van der Waals surface area (Å²) in [5.74, 6) is 0.869. The maximum atomic E-state index is 12.0. The monoisotopic (exact) mass is 276 g/mol. The second kappa shape index (κ2) is 7.44. The third-order valence-electron chi connectivity index (χ3n) is 3.61. The third kappa shape index (κ3) is 4.64. The molecule has 112 valence electrons. The number of benzene rings is 1. The van der Waals surface area contributed by atoms with Gasteiger partial charge < -0.3 is 11.1 Å². The molecule has 3 N–H and O–H groups in total. The minimum absolute atomic E-state index is 0.00135. The molecule has 0 aliphatic rings. The van der Waals surface area contributed by atoms with E-state index in [1.54, 1.807) is 0 Å². The molecule has 0 aliphatic heterocycles. The first-order chi connectivity index (χ1) is 9.35. The fourth-order valence-corrected chi connectivity index (χ4v) is 2.12. The first kappa shape index (κ1) is 16.7. The summed E-state index contributed by atoms with van der Waals surface area (Å²) in [6.07, 6.45) is 1.19. The Balaban J connectivity index is 2.91. The minimum Gasteiger partial charge on any atom is -0.327 e. The number of carbonyl (C=O) groups is 1. The van der Waals surface area contributed by atoms with Gasteiger partial charge in [-0.3, -0.25) is 4.79 Å². The molecule has 0 saturated heterocycles. The predicted molar refractivity (Wildman–Crippen MR) is 86.1 cm³/mol. The van der Waals surface area contributed by atoms with Crippen molar-refractivity contribution in [3.63, 3.8) is 0 Å². The molecule has 20 heavy (non-hydrogen) atoms. The molecular formula is C17H28N2O. The highest BCUT2D eigenvalue weighted by molar-refractivity contribution is 5.92. The summed E-state index contributed by atoms with van der Waals surface area (Å²) in [6.45, 7) is 10.6. The van der Waals surface area contributed by atoms with E-state index in [2.05, 4.69) is 45.1 Å². The van der Waals surface area contributed by atoms with E-state index in [0.29, 0.717) is 18.3 Å². The molecule has 0 bridgehead atoms. The van der Waals surface area contributed by atoms with Gasteiger partial charge in [-0.15, -0.1) is 0 Å². The number of rotatable bonds is 6. The largest absolute Gasteiger partial charge is 0.327 e. The first-order valence-electron chi connectivity index (χ1n) is 7.54. The number of anilines is 1. The van der Waals surface area contributed by atoms with E-state index in [4.69, 9.17) is 5.73 Å². The van der Waals surface area contributed by atoms with Gasteiger partial charge >= 0.3 is 0 Å². The summed E-state index contributed by atoms with van der Waals surface area (Å²) in [6, 6.07) is 6.24. The fourth-order valence-electron chi connectivity index (χ4n) is 2.12. The molecule has 3 nitrogen and oxygen atoms in total. The van der Waals surface area contributed by atoms with Gasteiger partial charge in [0.2, 0.25) is 5.91 Å². The van der Waals surface area contributed by atoms with E-state index >= 15 is 0 Å². The van der Waals surface area contributed by atoms with Crippen LogP contribution in [-0.4, -0.2) is 11.9 Å². The lowest BCUT2D eigenvalue weighted by Gasteiger charge is -2.17. The number of hydrogen-bond acceptors (Lipinski definition) is 2. The summed E-state index contributed by atoms with van der Waals surface area (Å²) >= 11 is 0. The summed E-state index contributed by atoms with van der Waals surface area (Å²) in [5, 5.41) is 3.00. The van der Waals surface area contributed by atoms with Crippen molar-refractivity contribution >= 4 is 11.6 Å². The molecule has 0 saturated carbocycles. The number of hydrogen-bond donors (Lipinski definition) is 2. The Hall–Kier alpha value is -1.35. The molecule has 1 aromatic rings. The van der Waals surface area contributed by atoms with Gasteiger partial charge in [-0.2, -0.15) is 0 Å². The summed E-state index contributed by atoms with van der Waals surface area (Å²) in [7, 11) is 0. The average Bonchev–Trinajstić information content (AvgIpc) is 2.38. The molecule has 3 heteroatoms. The van der Waals surface area contributed by atoms with Gasteiger partial charge in [0.05, 0.1) is 0 Å². The van der Waals surface area contributed by atoms with Crippen LogP contribution in [0.5, 0.6) is 0 Å². The zero-order chi connectivity index (χ0) is 15.3. The molecule has 1 amide bonds. The highest BCUT2D eigenvalue weighted by Gasteiger charge is 2.13. The molecular weight excluding hydrogens is 248 g/mol. The summed E-state index contributed by atoms with van der Waals surface area (Å²) < 4.78 is 0. The quantitative estimate of drug-likeness (QED) is 0.825. The van der Waals surface area contributed by atoms with Crippen molar-refractivity contribution < 1.29 is 4.79 Å². The van der Waals surface area contributed by atoms with E-state index in [1.165, 1.54) is 11.1 Å². The van der Waals surface area contributed by atoms with Gasteiger partial charge in [-0.1, -0.05) is 46.8 Å². The third-order valence-corrected chi connectivity index (χ3v) is 3.61. The molecule has 0 spiro atoms.